The van der Waals surface area contributed by atoms with E-state index in [4.69, 9.17) is 0 Å². The smallest absolute Gasteiger partial charge is 0.189 e. The lowest BCUT2D eigenvalue weighted by Gasteiger charge is -2.06. The Morgan fingerprint density at radius 3 is 2.36 bits per heavy atom. The van der Waals surface area contributed by atoms with Crippen molar-refractivity contribution in [3.8, 4) is 0 Å². The van der Waals surface area contributed by atoms with Crippen LogP contribution in [0.25, 0.3) is 0 Å². The molecule has 0 bridgehead atoms. The van der Waals surface area contributed by atoms with Crippen molar-refractivity contribution in [1.82, 2.24) is 0 Å². The molecule has 0 saturated heterocycles. The molecule has 0 heterocycles. The average Bonchev–Trinajstić information content (AvgIpc) is 1.87. The van der Waals surface area contributed by atoms with Crippen LogP contribution in [0.3, 0.4) is 0 Å². The molecular formula is C8H14F2S. The van der Waals surface area contributed by atoms with Crippen LogP contribution in [0.15, 0.2) is 12.2 Å². The van der Waals surface area contributed by atoms with Crippen LogP contribution < -0.4 is 0 Å². The van der Waals surface area contributed by atoms with Gasteiger partial charge in [0.25, 0.3) is 0 Å². The molecule has 0 amide bonds. The van der Waals surface area contributed by atoms with Crippen molar-refractivity contribution >= 4 is 11.8 Å². The molecule has 0 N–H and O–H groups in total. The lowest BCUT2D eigenvalue weighted by molar-refractivity contribution is 0.162. The monoisotopic (exact) mass is 180 g/mol. The van der Waals surface area contributed by atoms with Crippen molar-refractivity contribution in [3.05, 3.63) is 12.2 Å². The molecule has 0 rings (SSSR count). The maximum absolute atomic E-state index is 12.5. The molecule has 0 radical (unpaired) electrons. The van der Waals surface area contributed by atoms with E-state index in [9.17, 15) is 8.78 Å². The number of thioether (sulfide) groups is 1. The van der Waals surface area contributed by atoms with Crippen LogP contribution in [0.1, 0.15) is 20.3 Å². The fourth-order valence-corrected chi connectivity index (χ4v) is 0.778. The van der Waals surface area contributed by atoms with Crippen molar-refractivity contribution in [1.29, 1.82) is 0 Å². The first-order valence-corrected chi connectivity index (χ1v) is 4.81. The first-order chi connectivity index (χ1) is 4.98. The van der Waals surface area contributed by atoms with Crippen molar-refractivity contribution in [2.75, 3.05) is 6.26 Å². The van der Waals surface area contributed by atoms with E-state index in [0.717, 1.165) is 12.5 Å². The van der Waals surface area contributed by atoms with E-state index in [-0.39, 0.29) is 0 Å². The number of alkyl halides is 2. The quantitative estimate of drug-likeness (QED) is 0.596. The van der Waals surface area contributed by atoms with Crippen LogP contribution in [-0.2, 0) is 0 Å². The highest BCUT2D eigenvalue weighted by molar-refractivity contribution is 7.99. The van der Waals surface area contributed by atoms with Gasteiger partial charge in [0, 0.05) is 0 Å². The normalized spacial score (nSPS) is 13.3. The Kier molecular flexibility index (Phi) is 4.73. The van der Waals surface area contributed by atoms with Gasteiger partial charge in [0.2, 0.25) is 0 Å². The lowest BCUT2D eigenvalue weighted by atomic mass is 10.1. The molecule has 66 valence electrons. The van der Waals surface area contributed by atoms with Crippen molar-refractivity contribution in [2.24, 2.45) is 5.92 Å². The van der Waals surface area contributed by atoms with Crippen LogP contribution in [0.4, 0.5) is 8.78 Å². The molecule has 0 aromatic rings. The molecular weight excluding hydrogens is 166 g/mol. The number of halogens is 2. The highest BCUT2D eigenvalue weighted by Crippen LogP contribution is 2.27. The molecule has 3 heteroatoms. The van der Waals surface area contributed by atoms with E-state index in [0.29, 0.717) is 17.7 Å². The Morgan fingerprint density at radius 1 is 1.45 bits per heavy atom. The van der Waals surface area contributed by atoms with Gasteiger partial charge in [0.1, 0.15) is 0 Å². The zero-order valence-electron chi connectivity index (χ0n) is 7.10. The summed E-state index contributed by atoms with van der Waals surface area (Å²) in [4.78, 5) is 0. The Labute approximate surface area is 71.1 Å². The minimum atomic E-state index is -2.69. The summed E-state index contributed by atoms with van der Waals surface area (Å²) in [6.07, 6.45) is 4.63. The summed E-state index contributed by atoms with van der Waals surface area (Å²) in [5.41, 5.74) is 0. The van der Waals surface area contributed by atoms with Crippen LogP contribution in [0.5, 0.6) is 0 Å². The number of rotatable bonds is 4. The number of hydrogen-bond donors (Lipinski definition) is 0. The summed E-state index contributed by atoms with van der Waals surface area (Å²) in [7, 11) is 0. The summed E-state index contributed by atoms with van der Waals surface area (Å²) >= 11 is 0.559. The zero-order chi connectivity index (χ0) is 8.91. The minimum Gasteiger partial charge on any atom is -0.189 e. The third kappa shape index (κ3) is 6.35. The molecule has 11 heavy (non-hydrogen) atoms. The number of hydrogen-bond acceptors (Lipinski definition) is 1. The van der Waals surface area contributed by atoms with Gasteiger partial charge in [0.15, 0.2) is 0 Å². The second-order valence-electron chi connectivity index (χ2n) is 2.80. The summed E-state index contributed by atoms with van der Waals surface area (Å²) < 4.78 is 25.0. The molecule has 0 aliphatic carbocycles. The van der Waals surface area contributed by atoms with Crippen LogP contribution in [-0.4, -0.2) is 11.5 Å². The van der Waals surface area contributed by atoms with Crippen molar-refractivity contribution in [2.45, 2.75) is 25.5 Å². The van der Waals surface area contributed by atoms with Crippen molar-refractivity contribution < 1.29 is 8.78 Å². The maximum Gasteiger partial charge on any atom is 0.312 e. The molecule has 0 unspecified atom stereocenters. The first kappa shape index (κ1) is 11.0. The van der Waals surface area contributed by atoms with Gasteiger partial charge in [-0.15, -0.1) is 0 Å². The highest BCUT2D eigenvalue weighted by atomic mass is 32.2. The Hall–Kier alpha value is -0.0500. The van der Waals surface area contributed by atoms with Crippen LogP contribution in [0, 0.1) is 5.92 Å². The fourth-order valence-electron chi connectivity index (χ4n) is 0.545. The van der Waals surface area contributed by atoms with E-state index >= 15 is 0 Å². The maximum atomic E-state index is 12.5. The van der Waals surface area contributed by atoms with Gasteiger partial charge >= 0.3 is 5.25 Å². The van der Waals surface area contributed by atoms with E-state index in [2.05, 4.69) is 0 Å². The Morgan fingerprint density at radius 2 is 2.00 bits per heavy atom. The third-order valence-electron chi connectivity index (χ3n) is 1.19. The fraction of sp³-hybridized carbons (Fsp3) is 0.750. The first-order valence-electron chi connectivity index (χ1n) is 3.58. The second kappa shape index (κ2) is 4.75. The summed E-state index contributed by atoms with van der Waals surface area (Å²) in [5, 5.41) is -2.69. The average molecular weight is 180 g/mol. The van der Waals surface area contributed by atoms with Crippen LogP contribution >= 0.6 is 11.8 Å². The molecule has 0 atom stereocenters. The standard InChI is InChI=1S/C8H14F2S/c1-7(2)5-4-6-8(9,10)11-3/h4,6-7H,5H2,1-3H3/b6-4+. The zero-order valence-corrected chi connectivity index (χ0v) is 7.92. The molecule has 0 spiro atoms. The summed E-state index contributed by atoms with van der Waals surface area (Å²) in [5.74, 6) is 0.448. The molecule has 0 aliphatic heterocycles. The van der Waals surface area contributed by atoms with Gasteiger partial charge in [-0.2, -0.15) is 8.78 Å². The van der Waals surface area contributed by atoms with Gasteiger partial charge in [-0.25, -0.2) is 0 Å². The number of allylic oxidation sites excluding steroid dienone is 1. The molecule has 0 aliphatic rings. The van der Waals surface area contributed by atoms with Gasteiger partial charge in [-0.3, -0.25) is 0 Å². The Balaban J connectivity index is 3.73. The second-order valence-corrected chi connectivity index (χ2v) is 3.75. The van der Waals surface area contributed by atoms with E-state index in [1.165, 1.54) is 6.26 Å². The minimum absolute atomic E-state index is 0.448. The van der Waals surface area contributed by atoms with E-state index in [1.54, 1.807) is 6.08 Å². The SMILES string of the molecule is CSC(F)(F)/C=C/CC(C)C. The molecule has 0 aromatic heterocycles. The highest BCUT2D eigenvalue weighted by Gasteiger charge is 2.21. The Bertz CT molecular complexity index is 130. The molecule has 0 saturated carbocycles. The predicted octanol–water partition coefficient (Wildman–Crippen LogP) is 3.54. The lowest BCUT2D eigenvalue weighted by Crippen LogP contribution is -2.03. The van der Waals surface area contributed by atoms with Gasteiger partial charge in [-0.05, 0) is 24.7 Å². The van der Waals surface area contributed by atoms with Gasteiger partial charge in [0.05, 0.1) is 0 Å². The van der Waals surface area contributed by atoms with Gasteiger partial charge in [-0.1, -0.05) is 31.7 Å². The van der Waals surface area contributed by atoms with E-state index < -0.39 is 5.25 Å². The molecule has 0 nitrogen and oxygen atoms in total. The van der Waals surface area contributed by atoms with Crippen LogP contribution in [0.2, 0.25) is 0 Å². The summed E-state index contributed by atoms with van der Waals surface area (Å²) in [6, 6.07) is 0. The largest absolute Gasteiger partial charge is 0.312 e. The molecule has 0 aromatic carbocycles. The topological polar surface area (TPSA) is 0 Å². The third-order valence-corrected chi connectivity index (χ3v) is 1.87. The van der Waals surface area contributed by atoms with Gasteiger partial charge < -0.3 is 0 Å². The predicted molar refractivity (Wildman–Crippen MR) is 47.1 cm³/mol. The summed E-state index contributed by atoms with van der Waals surface area (Å²) in [6.45, 7) is 4.00. The van der Waals surface area contributed by atoms with Crippen molar-refractivity contribution in [3.63, 3.8) is 0 Å². The molecule has 0 fully saturated rings. The van der Waals surface area contributed by atoms with E-state index in [1.807, 2.05) is 13.8 Å².